The van der Waals surface area contributed by atoms with Crippen molar-refractivity contribution in [3.05, 3.63) is 59.2 Å². The summed E-state index contributed by atoms with van der Waals surface area (Å²) in [6, 6.07) is 12.2. The second-order valence-electron chi connectivity index (χ2n) is 7.01. The molecule has 2 rings (SSSR count). The molecule has 0 aromatic carbocycles. The SMILES string of the molecule is Cc1cccc(CN(Cc2cccc(C)n2)CC(C)(C)CO)n1. The van der Waals surface area contributed by atoms with E-state index in [2.05, 4.69) is 40.8 Å². The summed E-state index contributed by atoms with van der Waals surface area (Å²) in [6.45, 7) is 10.6. The molecule has 0 fully saturated rings. The van der Waals surface area contributed by atoms with E-state index in [1.54, 1.807) is 0 Å². The third kappa shape index (κ3) is 5.73. The molecule has 0 radical (unpaired) electrons. The van der Waals surface area contributed by atoms with Crippen molar-refractivity contribution >= 4 is 0 Å². The lowest BCUT2D eigenvalue weighted by atomic mass is 9.94. The summed E-state index contributed by atoms with van der Waals surface area (Å²) in [5.74, 6) is 0. The van der Waals surface area contributed by atoms with Crippen molar-refractivity contribution in [1.29, 1.82) is 0 Å². The third-order valence-electron chi connectivity index (χ3n) is 3.74. The number of aromatic nitrogens is 2. The molecule has 2 heterocycles. The first-order valence-electron chi connectivity index (χ1n) is 8.06. The molecule has 0 atom stereocenters. The van der Waals surface area contributed by atoms with Gasteiger partial charge in [-0.15, -0.1) is 0 Å². The fraction of sp³-hybridized carbons (Fsp3) is 0.474. The predicted octanol–water partition coefficient (Wildman–Crippen LogP) is 3.11. The third-order valence-corrected chi connectivity index (χ3v) is 3.74. The topological polar surface area (TPSA) is 49.2 Å². The fourth-order valence-corrected chi connectivity index (χ4v) is 2.66. The normalized spacial score (nSPS) is 11.9. The fourth-order valence-electron chi connectivity index (χ4n) is 2.66. The summed E-state index contributed by atoms with van der Waals surface area (Å²) in [4.78, 5) is 11.5. The van der Waals surface area contributed by atoms with Crippen LogP contribution in [0.4, 0.5) is 0 Å². The summed E-state index contributed by atoms with van der Waals surface area (Å²) in [6.07, 6.45) is 0. The Kier molecular flexibility index (Phi) is 5.85. The van der Waals surface area contributed by atoms with Gasteiger partial charge in [0.15, 0.2) is 0 Å². The highest BCUT2D eigenvalue weighted by atomic mass is 16.3. The van der Waals surface area contributed by atoms with Gasteiger partial charge >= 0.3 is 0 Å². The maximum atomic E-state index is 9.61. The Bertz CT molecular complexity index is 593. The minimum atomic E-state index is -0.159. The molecule has 0 saturated carbocycles. The Morgan fingerprint density at radius 2 is 1.39 bits per heavy atom. The van der Waals surface area contributed by atoms with Crippen LogP contribution in [0.25, 0.3) is 0 Å². The molecule has 23 heavy (non-hydrogen) atoms. The number of nitrogens with zero attached hydrogens (tertiary/aromatic N) is 3. The molecule has 0 aliphatic rings. The van der Waals surface area contributed by atoms with E-state index in [9.17, 15) is 5.11 Å². The van der Waals surface area contributed by atoms with Crippen molar-refractivity contribution < 1.29 is 5.11 Å². The maximum Gasteiger partial charge on any atom is 0.0547 e. The van der Waals surface area contributed by atoms with E-state index in [-0.39, 0.29) is 12.0 Å². The highest BCUT2D eigenvalue weighted by molar-refractivity contribution is 5.12. The number of pyridine rings is 2. The van der Waals surface area contributed by atoms with E-state index in [1.165, 1.54) is 0 Å². The lowest BCUT2D eigenvalue weighted by molar-refractivity contribution is 0.0936. The smallest absolute Gasteiger partial charge is 0.0547 e. The molecule has 1 N–H and O–H groups in total. The van der Waals surface area contributed by atoms with Gasteiger partial charge in [0.25, 0.3) is 0 Å². The van der Waals surface area contributed by atoms with Gasteiger partial charge in [0.2, 0.25) is 0 Å². The van der Waals surface area contributed by atoms with Gasteiger partial charge in [-0.3, -0.25) is 14.9 Å². The van der Waals surface area contributed by atoms with Crippen LogP contribution in [0.2, 0.25) is 0 Å². The minimum absolute atomic E-state index is 0.159. The molecule has 0 aliphatic heterocycles. The van der Waals surface area contributed by atoms with Gasteiger partial charge in [0.1, 0.15) is 0 Å². The monoisotopic (exact) mass is 313 g/mol. The average Bonchev–Trinajstić information content (AvgIpc) is 2.47. The molecule has 2 aromatic heterocycles. The van der Waals surface area contributed by atoms with Crippen LogP contribution in [-0.2, 0) is 13.1 Å². The van der Waals surface area contributed by atoms with Gasteiger partial charge in [-0.2, -0.15) is 0 Å². The van der Waals surface area contributed by atoms with Crippen LogP contribution in [-0.4, -0.2) is 33.1 Å². The quantitative estimate of drug-likeness (QED) is 0.853. The number of hydrogen-bond acceptors (Lipinski definition) is 4. The van der Waals surface area contributed by atoms with E-state index in [0.29, 0.717) is 0 Å². The number of hydrogen-bond donors (Lipinski definition) is 1. The van der Waals surface area contributed by atoms with E-state index in [1.807, 2.05) is 38.1 Å². The summed E-state index contributed by atoms with van der Waals surface area (Å²) in [7, 11) is 0. The number of aliphatic hydroxyl groups excluding tert-OH is 1. The van der Waals surface area contributed by atoms with Crippen LogP contribution >= 0.6 is 0 Å². The first-order chi connectivity index (χ1) is 10.9. The molecule has 2 aromatic rings. The largest absolute Gasteiger partial charge is 0.396 e. The second kappa shape index (κ2) is 7.66. The van der Waals surface area contributed by atoms with Crippen LogP contribution in [0.3, 0.4) is 0 Å². The van der Waals surface area contributed by atoms with Crippen molar-refractivity contribution in [3.63, 3.8) is 0 Å². The van der Waals surface area contributed by atoms with Crippen LogP contribution < -0.4 is 0 Å². The lowest BCUT2D eigenvalue weighted by Crippen LogP contribution is -2.36. The summed E-state index contributed by atoms with van der Waals surface area (Å²) >= 11 is 0. The highest BCUT2D eigenvalue weighted by Crippen LogP contribution is 2.19. The van der Waals surface area contributed by atoms with Gasteiger partial charge < -0.3 is 5.11 Å². The van der Waals surface area contributed by atoms with Crippen molar-refractivity contribution in [3.8, 4) is 0 Å². The first-order valence-corrected chi connectivity index (χ1v) is 8.06. The van der Waals surface area contributed by atoms with Crippen LogP contribution in [0.1, 0.15) is 36.6 Å². The van der Waals surface area contributed by atoms with E-state index < -0.39 is 0 Å². The van der Waals surface area contributed by atoms with Gasteiger partial charge in [0, 0.05) is 43.0 Å². The van der Waals surface area contributed by atoms with E-state index in [0.717, 1.165) is 42.4 Å². The first kappa shape index (κ1) is 17.6. The van der Waals surface area contributed by atoms with E-state index >= 15 is 0 Å². The molecule has 0 amide bonds. The summed E-state index contributed by atoms with van der Waals surface area (Å²) in [5.41, 5.74) is 3.99. The maximum absolute atomic E-state index is 9.61. The zero-order valence-electron chi connectivity index (χ0n) is 14.6. The molecule has 0 bridgehead atoms. The Morgan fingerprint density at radius 1 is 0.913 bits per heavy atom. The molecule has 0 saturated heterocycles. The zero-order valence-corrected chi connectivity index (χ0v) is 14.6. The highest BCUT2D eigenvalue weighted by Gasteiger charge is 2.22. The standard InChI is InChI=1S/C19H27N3O/c1-15-7-5-9-17(20-15)11-22(13-19(3,4)14-23)12-18-10-6-8-16(2)21-18/h5-10,23H,11-14H2,1-4H3. The minimum Gasteiger partial charge on any atom is -0.396 e. The van der Waals surface area contributed by atoms with Crippen LogP contribution in [0.5, 0.6) is 0 Å². The molecular weight excluding hydrogens is 286 g/mol. The predicted molar refractivity (Wildman–Crippen MR) is 92.9 cm³/mol. The molecule has 4 nitrogen and oxygen atoms in total. The number of rotatable bonds is 7. The Morgan fingerprint density at radius 3 is 1.78 bits per heavy atom. The van der Waals surface area contributed by atoms with Crippen LogP contribution in [0.15, 0.2) is 36.4 Å². The second-order valence-corrected chi connectivity index (χ2v) is 7.01. The van der Waals surface area contributed by atoms with Crippen molar-refractivity contribution in [2.45, 2.75) is 40.8 Å². The molecule has 4 heteroatoms. The molecule has 0 unspecified atom stereocenters. The van der Waals surface area contributed by atoms with Gasteiger partial charge in [-0.1, -0.05) is 26.0 Å². The molecule has 0 aliphatic carbocycles. The molecule has 124 valence electrons. The Labute approximate surface area is 139 Å². The van der Waals surface area contributed by atoms with Crippen molar-refractivity contribution in [2.24, 2.45) is 5.41 Å². The van der Waals surface area contributed by atoms with Gasteiger partial charge in [-0.05, 0) is 38.1 Å². The van der Waals surface area contributed by atoms with Crippen molar-refractivity contribution in [1.82, 2.24) is 14.9 Å². The average molecular weight is 313 g/mol. The Hall–Kier alpha value is -1.78. The number of aryl methyl sites for hydroxylation is 2. The van der Waals surface area contributed by atoms with Gasteiger partial charge in [-0.25, -0.2) is 0 Å². The van der Waals surface area contributed by atoms with Gasteiger partial charge in [0.05, 0.1) is 11.4 Å². The zero-order chi connectivity index (χ0) is 16.9. The van der Waals surface area contributed by atoms with E-state index in [4.69, 9.17) is 0 Å². The molecule has 0 spiro atoms. The van der Waals surface area contributed by atoms with Crippen LogP contribution in [0, 0.1) is 19.3 Å². The summed E-state index contributed by atoms with van der Waals surface area (Å²) < 4.78 is 0. The van der Waals surface area contributed by atoms with Crippen molar-refractivity contribution in [2.75, 3.05) is 13.2 Å². The Balaban J connectivity index is 2.17. The summed E-state index contributed by atoms with van der Waals surface area (Å²) in [5, 5.41) is 9.61. The number of aliphatic hydroxyl groups is 1. The molecular formula is C19H27N3O. The lowest BCUT2D eigenvalue weighted by Gasteiger charge is -2.31.